The lowest BCUT2D eigenvalue weighted by Crippen LogP contribution is -2.42. The van der Waals surface area contributed by atoms with Crippen molar-refractivity contribution < 1.29 is 9.53 Å². The van der Waals surface area contributed by atoms with Crippen molar-refractivity contribution in [3.63, 3.8) is 0 Å². The number of carbonyl (C=O) groups excluding carboxylic acids is 1. The van der Waals surface area contributed by atoms with Crippen LogP contribution in [0.4, 0.5) is 4.79 Å². The minimum Gasteiger partial charge on any atom is -0.497 e. The zero-order valence-electron chi connectivity index (χ0n) is 18.7. The monoisotopic (exact) mass is 432 g/mol. The van der Waals surface area contributed by atoms with Crippen molar-refractivity contribution in [3.05, 3.63) is 78.1 Å². The zero-order chi connectivity index (χ0) is 22.7. The van der Waals surface area contributed by atoms with Crippen molar-refractivity contribution in [2.75, 3.05) is 7.11 Å². The lowest BCUT2D eigenvalue weighted by Gasteiger charge is -2.24. The van der Waals surface area contributed by atoms with Crippen LogP contribution in [0.1, 0.15) is 43.1 Å². The first-order valence-corrected chi connectivity index (χ1v) is 10.6. The number of hydrogen-bond acceptors (Lipinski definition) is 4. The van der Waals surface area contributed by atoms with Crippen LogP contribution in [0.25, 0.3) is 11.0 Å². The van der Waals surface area contributed by atoms with Crippen molar-refractivity contribution >= 4 is 17.1 Å². The van der Waals surface area contributed by atoms with Crippen LogP contribution in [0, 0.1) is 5.92 Å². The molecule has 8 nitrogen and oxygen atoms in total. The third-order valence-corrected chi connectivity index (χ3v) is 5.50. The second-order valence-electron chi connectivity index (χ2n) is 8.08. The molecule has 2 unspecified atom stereocenters. The molecule has 4 aromatic rings. The molecule has 0 radical (unpaired) electrons. The molecule has 166 valence electrons. The van der Waals surface area contributed by atoms with Crippen LogP contribution < -0.4 is 15.4 Å². The van der Waals surface area contributed by atoms with Gasteiger partial charge in [0.2, 0.25) is 0 Å². The van der Waals surface area contributed by atoms with Gasteiger partial charge in [0, 0.05) is 19.4 Å². The fraction of sp³-hybridized carbons (Fsp3) is 0.292. The number of urea groups is 1. The number of rotatable bonds is 7. The smallest absolute Gasteiger partial charge is 0.316 e. The molecule has 2 aromatic carbocycles. The van der Waals surface area contributed by atoms with Gasteiger partial charge in [-0.25, -0.2) is 14.8 Å². The van der Waals surface area contributed by atoms with E-state index < -0.39 is 6.04 Å². The summed E-state index contributed by atoms with van der Waals surface area (Å²) in [6.45, 7) is 4.11. The summed E-state index contributed by atoms with van der Waals surface area (Å²) in [5.41, 5.74) is 2.72. The van der Waals surface area contributed by atoms with Crippen LogP contribution in [0.3, 0.4) is 0 Å². The van der Waals surface area contributed by atoms with Crippen LogP contribution in [0.15, 0.2) is 60.9 Å². The lowest BCUT2D eigenvalue weighted by atomic mass is 10.0. The summed E-state index contributed by atoms with van der Waals surface area (Å²) in [7, 11) is 3.53. The number of para-hydroxylation sites is 2. The van der Waals surface area contributed by atoms with Gasteiger partial charge in [-0.05, 0) is 35.7 Å². The van der Waals surface area contributed by atoms with Gasteiger partial charge in [-0.2, -0.15) is 0 Å². The zero-order valence-corrected chi connectivity index (χ0v) is 18.7. The molecular weight excluding hydrogens is 404 g/mol. The van der Waals surface area contributed by atoms with Gasteiger partial charge < -0.3 is 24.9 Å². The topological polar surface area (TPSA) is 96.9 Å². The molecule has 0 saturated heterocycles. The maximum atomic E-state index is 13.1. The summed E-state index contributed by atoms with van der Waals surface area (Å²) in [6, 6.07) is 14.4. The predicted molar refractivity (Wildman–Crippen MR) is 123 cm³/mol. The summed E-state index contributed by atoms with van der Waals surface area (Å²) in [5.74, 6) is 2.35. The van der Waals surface area contributed by atoms with Crippen molar-refractivity contribution in [3.8, 4) is 5.75 Å². The molecule has 2 heterocycles. The van der Waals surface area contributed by atoms with E-state index >= 15 is 0 Å². The number of amides is 2. The number of nitrogens with one attached hydrogen (secondary N) is 3. The largest absolute Gasteiger partial charge is 0.497 e. The standard InChI is InChI=1S/C24H28N6O2/c1-15(2)20(22-26-18-7-5-6-8-19(18)27-22)28-24(31)29-21(23-25-13-14-30(23)3)16-9-11-17(32-4)12-10-16/h5-15,20-21H,1-4H3,(H,26,27)(H2,28,29,31). The Hall–Kier alpha value is -3.81. The van der Waals surface area contributed by atoms with E-state index in [0.717, 1.165) is 34.0 Å². The maximum absolute atomic E-state index is 13.1. The number of fused-ring (bicyclic) bond motifs is 1. The Balaban J connectivity index is 1.58. The summed E-state index contributed by atoms with van der Waals surface area (Å²) >= 11 is 0. The second kappa shape index (κ2) is 9.13. The van der Waals surface area contributed by atoms with Gasteiger partial charge in [0.25, 0.3) is 0 Å². The number of ether oxygens (including phenoxy) is 1. The van der Waals surface area contributed by atoms with Gasteiger partial charge in [0.05, 0.1) is 24.2 Å². The molecular formula is C24H28N6O2. The number of aromatic amines is 1. The first-order valence-electron chi connectivity index (χ1n) is 10.6. The average molecular weight is 433 g/mol. The highest BCUT2D eigenvalue weighted by molar-refractivity contribution is 5.77. The van der Waals surface area contributed by atoms with E-state index in [1.54, 1.807) is 13.3 Å². The third-order valence-electron chi connectivity index (χ3n) is 5.50. The number of H-pyrrole nitrogens is 1. The molecule has 2 atom stereocenters. The fourth-order valence-electron chi connectivity index (χ4n) is 3.73. The number of carbonyl (C=O) groups is 1. The molecule has 0 bridgehead atoms. The highest BCUT2D eigenvalue weighted by atomic mass is 16.5. The van der Waals surface area contributed by atoms with E-state index in [1.807, 2.05) is 66.3 Å². The highest BCUT2D eigenvalue weighted by Gasteiger charge is 2.25. The number of aryl methyl sites for hydroxylation is 1. The van der Waals surface area contributed by atoms with E-state index in [9.17, 15) is 4.79 Å². The Kier molecular flexibility index (Phi) is 6.11. The summed E-state index contributed by atoms with van der Waals surface area (Å²) in [4.78, 5) is 25.6. The molecule has 3 N–H and O–H groups in total. The molecule has 0 aliphatic carbocycles. The van der Waals surface area contributed by atoms with Crippen LogP contribution in [0.2, 0.25) is 0 Å². The highest BCUT2D eigenvalue weighted by Crippen LogP contribution is 2.25. The molecule has 2 aromatic heterocycles. The van der Waals surface area contributed by atoms with Gasteiger partial charge in [-0.3, -0.25) is 0 Å². The Labute approximate surface area is 187 Å². The van der Waals surface area contributed by atoms with E-state index in [4.69, 9.17) is 4.74 Å². The molecule has 8 heteroatoms. The van der Waals surface area contributed by atoms with Crippen molar-refractivity contribution in [1.29, 1.82) is 0 Å². The van der Waals surface area contributed by atoms with E-state index in [2.05, 4.69) is 39.4 Å². The van der Waals surface area contributed by atoms with Crippen LogP contribution in [-0.2, 0) is 7.05 Å². The predicted octanol–water partition coefficient (Wildman–Crippen LogP) is 4.09. The third kappa shape index (κ3) is 4.44. The van der Waals surface area contributed by atoms with E-state index in [-0.39, 0.29) is 18.0 Å². The summed E-state index contributed by atoms with van der Waals surface area (Å²) in [6.07, 6.45) is 3.58. The SMILES string of the molecule is COc1ccc(C(NC(=O)NC(c2nc3ccccc3[nH]2)C(C)C)c2nccn2C)cc1. The molecule has 0 aliphatic rings. The number of methoxy groups -OCH3 is 1. The van der Waals surface area contributed by atoms with Gasteiger partial charge in [0.15, 0.2) is 0 Å². The molecule has 2 amide bonds. The number of benzene rings is 2. The van der Waals surface area contributed by atoms with Crippen molar-refractivity contribution in [2.45, 2.75) is 25.9 Å². The Morgan fingerprint density at radius 2 is 1.84 bits per heavy atom. The lowest BCUT2D eigenvalue weighted by molar-refractivity contribution is 0.229. The minimum atomic E-state index is -0.426. The van der Waals surface area contributed by atoms with E-state index in [1.165, 1.54) is 0 Å². The first-order chi connectivity index (χ1) is 15.5. The van der Waals surface area contributed by atoms with Crippen molar-refractivity contribution in [1.82, 2.24) is 30.2 Å². The van der Waals surface area contributed by atoms with Gasteiger partial charge in [-0.15, -0.1) is 0 Å². The van der Waals surface area contributed by atoms with Gasteiger partial charge >= 0.3 is 6.03 Å². The normalized spacial score (nSPS) is 13.2. The minimum absolute atomic E-state index is 0.133. The van der Waals surface area contributed by atoms with E-state index in [0.29, 0.717) is 0 Å². The number of imidazole rings is 2. The quantitative estimate of drug-likeness (QED) is 0.410. The van der Waals surface area contributed by atoms with Gasteiger partial charge in [-0.1, -0.05) is 38.1 Å². The van der Waals surface area contributed by atoms with Crippen LogP contribution in [0.5, 0.6) is 5.75 Å². The average Bonchev–Trinajstić information content (AvgIpc) is 3.41. The molecule has 0 fully saturated rings. The Morgan fingerprint density at radius 1 is 1.09 bits per heavy atom. The molecule has 0 aliphatic heterocycles. The Morgan fingerprint density at radius 3 is 2.47 bits per heavy atom. The fourth-order valence-corrected chi connectivity index (χ4v) is 3.73. The second-order valence-corrected chi connectivity index (χ2v) is 8.08. The number of nitrogens with zero attached hydrogens (tertiary/aromatic N) is 3. The summed E-state index contributed by atoms with van der Waals surface area (Å²) in [5, 5.41) is 6.18. The molecule has 0 saturated carbocycles. The molecule has 4 rings (SSSR count). The van der Waals surface area contributed by atoms with Gasteiger partial charge in [0.1, 0.15) is 23.4 Å². The number of aromatic nitrogens is 4. The maximum Gasteiger partial charge on any atom is 0.316 e. The molecule has 0 spiro atoms. The number of hydrogen-bond donors (Lipinski definition) is 3. The Bertz CT molecular complexity index is 1160. The van der Waals surface area contributed by atoms with Crippen LogP contribution in [-0.4, -0.2) is 32.7 Å². The van der Waals surface area contributed by atoms with Crippen LogP contribution >= 0.6 is 0 Å². The van der Waals surface area contributed by atoms with Crippen molar-refractivity contribution in [2.24, 2.45) is 13.0 Å². The summed E-state index contributed by atoms with van der Waals surface area (Å²) < 4.78 is 7.16. The first kappa shape index (κ1) is 21.4. The molecule has 32 heavy (non-hydrogen) atoms.